The largest absolute Gasteiger partial charge is 0.357 e. The van der Waals surface area contributed by atoms with Crippen molar-refractivity contribution in [2.75, 3.05) is 24.5 Å². The highest BCUT2D eigenvalue weighted by molar-refractivity contribution is 5.97. The Morgan fingerprint density at radius 3 is 2.87 bits per heavy atom. The average molecular weight is 316 g/mol. The lowest BCUT2D eigenvalue weighted by Crippen LogP contribution is -2.43. The summed E-state index contributed by atoms with van der Waals surface area (Å²) in [7, 11) is 0. The Bertz CT molecular complexity index is 556. The summed E-state index contributed by atoms with van der Waals surface area (Å²) in [5, 5.41) is 6.51. The normalized spacial score (nSPS) is 15.8. The van der Waals surface area contributed by atoms with E-state index in [0.29, 0.717) is 12.0 Å². The number of benzene rings is 1. The highest BCUT2D eigenvalue weighted by atomic mass is 16.2. The number of hydrogen-bond donors (Lipinski definition) is 2. The standard InChI is InChI=1S/C18H28N4O/c1-4-14(3)21-18(19-5-2)20-13-17(23)22-12-8-10-15-9-6-7-11-16(15)22/h6-7,9,11,14H,4-5,8,10,12-13H2,1-3H3,(H2,19,20,21). The van der Waals surface area contributed by atoms with Gasteiger partial charge in [0.05, 0.1) is 0 Å². The molecule has 0 radical (unpaired) electrons. The van der Waals surface area contributed by atoms with Gasteiger partial charge in [0, 0.05) is 24.8 Å². The van der Waals surface area contributed by atoms with E-state index in [1.54, 1.807) is 0 Å². The third-order valence-electron chi connectivity index (χ3n) is 4.12. The van der Waals surface area contributed by atoms with Crippen LogP contribution in [-0.2, 0) is 11.2 Å². The van der Waals surface area contributed by atoms with Crippen LogP contribution in [0.1, 0.15) is 39.2 Å². The van der Waals surface area contributed by atoms with Crippen LogP contribution in [0.3, 0.4) is 0 Å². The van der Waals surface area contributed by atoms with Crippen molar-refractivity contribution in [2.24, 2.45) is 4.99 Å². The fourth-order valence-corrected chi connectivity index (χ4v) is 2.68. The number of guanidine groups is 1. The van der Waals surface area contributed by atoms with Crippen molar-refractivity contribution >= 4 is 17.6 Å². The van der Waals surface area contributed by atoms with E-state index in [1.807, 2.05) is 30.0 Å². The molecule has 2 N–H and O–H groups in total. The van der Waals surface area contributed by atoms with Crippen LogP contribution in [0.2, 0.25) is 0 Å². The lowest BCUT2D eigenvalue weighted by atomic mass is 10.0. The summed E-state index contributed by atoms with van der Waals surface area (Å²) in [6.07, 6.45) is 3.07. The number of anilines is 1. The predicted molar refractivity (Wildman–Crippen MR) is 96.0 cm³/mol. The van der Waals surface area contributed by atoms with Crippen molar-refractivity contribution in [1.82, 2.24) is 10.6 Å². The molecule has 1 atom stereocenters. The van der Waals surface area contributed by atoms with Gasteiger partial charge in [0.15, 0.2) is 5.96 Å². The SMILES string of the molecule is CCNC(=NCC(=O)N1CCCc2ccccc21)NC(C)CC. The van der Waals surface area contributed by atoms with Gasteiger partial charge in [-0.05, 0) is 44.7 Å². The second-order valence-electron chi connectivity index (χ2n) is 5.93. The molecule has 1 unspecified atom stereocenters. The zero-order valence-corrected chi connectivity index (χ0v) is 14.4. The predicted octanol–water partition coefficient (Wildman–Crippen LogP) is 2.32. The maximum atomic E-state index is 12.6. The fourth-order valence-electron chi connectivity index (χ4n) is 2.68. The Kier molecular flexibility index (Phi) is 6.44. The number of amides is 1. The van der Waals surface area contributed by atoms with Crippen LogP contribution in [0, 0.1) is 0 Å². The molecule has 0 aliphatic carbocycles. The number of nitrogens with zero attached hydrogens (tertiary/aromatic N) is 2. The molecule has 0 bridgehead atoms. The maximum Gasteiger partial charge on any atom is 0.248 e. The van der Waals surface area contributed by atoms with Gasteiger partial charge in [0.2, 0.25) is 5.91 Å². The zero-order valence-electron chi connectivity index (χ0n) is 14.4. The average Bonchev–Trinajstić information content (AvgIpc) is 2.58. The first-order valence-corrected chi connectivity index (χ1v) is 8.58. The molecular formula is C18H28N4O. The number of carbonyl (C=O) groups is 1. The van der Waals surface area contributed by atoms with E-state index >= 15 is 0 Å². The zero-order chi connectivity index (χ0) is 16.7. The molecule has 1 aromatic carbocycles. The topological polar surface area (TPSA) is 56.7 Å². The minimum atomic E-state index is 0.0542. The summed E-state index contributed by atoms with van der Waals surface area (Å²) < 4.78 is 0. The summed E-state index contributed by atoms with van der Waals surface area (Å²) in [6, 6.07) is 8.48. The molecule has 1 heterocycles. The summed E-state index contributed by atoms with van der Waals surface area (Å²) in [5.74, 6) is 0.763. The molecule has 1 amide bonds. The van der Waals surface area contributed by atoms with Gasteiger partial charge in [-0.25, -0.2) is 4.99 Å². The maximum absolute atomic E-state index is 12.6. The van der Waals surface area contributed by atoms with E-state index in [-0.39, 0.29) is 12.5 Å². The molecule has 0 spiro atoms. The monoisotopic (exact) mass is 316 g/mol. The number of rotatable bonds is 5. The van der Waals surface area contributed by atoms with E-state index in [4.69, 9.17) is 0 Å². The van der Waals surface area contributed by atoms with Crippen molar-refractivity contribution in [3.05, 3.63) is 29.8 Å². The molecule has 0 aromatic heterocycles. The molecule has 0 saturated heterocycles. The van der Waals surface area contributed by atoms with Crippen LogP contribution in [0.25, 0.3) is 0 Å². The van der Waals surface area contributed by atoms with Crippen molar-refractivity contribution in [2.45, 2.75) is 46.1 Å². The molecule has 5 heteroatoms. The Hall–Kier alpha value is -2.04. The van der Waals surface area contributed by atoms with Crippen molar-refractivity contribution in [3.63, 3.8) is 0 Å². The van der Waals surface area contributed by atoms with Crippen LogP contribution in [-0.4, -0.2) is 37.5 Å². The minimum Gasteiger partial charge on any atom is -0.357 e. The minimum absolute atomic E-state index is 0.0542. The molecule has 1 aromatic rings. The van der Waals surface area contributed by atoms with E-state index in [2.05, 4.69) is 35.5 Å². The summed E-state index contributed by atoms with van der Waals surface area (Å²) in [6.45, 7) is 7.98. The molecule has 1 aliphatic rings. The second-order valence-corrected chi connectivity index (χ2v) is 5.93. The van der Waals surface area contributed by atoms with E-state index < -0.39 is 0 Å². The number of aryl methyl sites for hydroxylation is 1. The molecule has 126 valence electrons. The summed E-state index contributed by atoms with van der Waals surface area (Å²) in [5.41, 5.74) is 2.29. The third-order valence-corrected chi connectivity index (χ3v) is 4.12. The second kappa shape index (κ2) is 8.56. The summed E-state index contributed by atoms with van der Waals surface area (Å²) in [4.78, 5) is 18.9. The van der Waals surface area contributed by atoms with Crippen molar-refractivity contribution < 1.29 is 4.79 Å². The molecule has 23 heavy (non-hydrogen) atoms. The third kappa shape index (κ3) is 4.71. The first-order valence-electron chi connectivity index (χ1n) is 8.58. The van der Waals surface area contributed by atoms with Gasteiger partial charge in [-0.2, -0.15) is 0 Å². The van der Waals surface area contributed by atoms with Gasteiger partial charge in [-0.15, -0.1) is 0 Å². The van der Waals surface area contributed by atoms with Gasteiger partial charge < -0.3 is 15.5 Å². The molecule has 0 saturated carbocycles. The van der Waals surface area contributed by atoms with Crippen LogP contribution in [0.15, 0.2) is 29.3 Å². The molecule has 1 aliphatic heterocycles. The highest BCUT2D eigenvalue weighted by Gasteiger charge is 2.21. The Morgan fingerprint density at radius 1 is 1.35 bits per heavy atom. The molecular weight excluding hydrogens is 288 g/mol. The lowest BCUT2D eigenvalue weighted by molar-refractivity contribution is -0.117. The van der Waals surface area contributed by atoms with Gasteiger partial charge in [0.25, 0.3) is 0 Å². The van der Waals surface area contributed by atoms with Crippen molar-refractivity contribution in [1.29, 1.82) is 0 Å². The first kappa shape index (κ1) is 17.3. The number of para-hydroxylation sites is 1. The number of hydrogen-bond acceptors (Lipinski definition) is 2. The smallest absolute Gasteiger partial charge is 0.248 e. The fraction of sp³-hybridized carbons (Fsp3) is 0.556. The highest BCUT2D eigenvalue weighted by Crippen LogP contribution is 2.26. The first-order chi connectivity index (χ1) is 11.2. The number of carbonyl (C=O) groups excluding carboxylic acids is 1. The Labute approximate surface area is 139 Å². The van der Waals surface area contributed by atoms with E-state index in [1.165, 1.54) is 5.56 Å². The van der Waals surface area contributed by atoms with Crippen LogP contribution in [0.5, 0.6) is 0 Å². The van der Waals surface area contributed by atoms with Gasteiger partial charge in [-0.1, -0.05) is 25.1 Å². The number of aliphatic imine (C=N–C) groups is 1. The lowest BCUT2D eigenvalue weighted by Gasteiger charge is -2.29. The van der Waals surface area contributed by atoms with E-state index in [0.717, 1.165) is 38.0 Å². The molecule has 2 rings (SSSR count). The molecule has 5 nitrogen and oxygen atoms in total. The quantitative estimate of drug-likeness (QED) is 0.647. The summed E-state index contributed by atoms with van der Waals surface area (Å²) >= 11 is 0. The van der Waals surface area contributed by atoms with Gasteiger partial charge in [-0.3, -0.25) is 4.79 Å². The molecule has 0 fully saturated rings. The van der Waals surface area contributed by atoms with Crippen molar-refractivity contribution in [3.8, 4) is 0 Å². The van der Waals surface area contributed by atoms with Crippen LogP contribution < -0.4 is 15.5 Å². The van der Waals surface area contributed by atoms with Gasteiger partial charge in [0.1, 0.15) is 6.54 Å². The van der Waals surface area contributed by atoms with Crippen LogP contribution >= 0.6 is 0 Å². The number of fused-ring (bicyclic) bond motifs is 1. The number of nitrogens with one attached hydrogen (secondary N) is 2. The van der Waals surface area contributed by atoms with Crippen LogP contribution in [0.4, 0.5) is 5.69 Å². The van der Waals surface area contributed by atoms with Gasteiger partial charge >= 0.3 is 0 Å². The Morgan fingerprint density at radius 2 is 2.13 bits per heavy atom. The van der Waals surface area contributed by atoms with E-state index in [9.17, 15) is 4.79 Å². The Balaban J connectivity index is 2.04.